The van der Waals surface area contributed by atoms with Gasteiger partial charge in [-0.2, -0.15) is 0 Å². The first-order valence-electron chi connectivity index (χ1n) is 4.75. The van der Waals surface area contributed by atoms with Gasteiger partial charge in [-0.25, -0.2) is 0 Å². The van der Waals surface area contributed by atoms with E-state index in [9.17, 15) is 0 Å². The van der Waals surface area contributed by atoms with E-state index in [1.54, 1.807) is 0 Å². The lowest BCUT2D eigenvalue weighted by Crippen LogP contribution is -2.13. The molecular weight excluding hydrogens is 260 g/mol. The fourth-order valence-electron chi connectivity index (χ4n) is 1.12. The molecule has 0 aromatic carbocycles. The van der Waals surface area contributed by atoms with Gasteiger partial charge in [-0.1, -0.05) is 51.5 Å². The van der Waals surface area contributed by atoms with Crippen LogP contribution in [0.3, 0.4) is 0 Å². The van der Waals surface area contributed by atoms with Crippen molar-refractivity contribution in [3.63, 3.8) is 0 Å². The number of rotatable bonds is 8. The first-order chi connectivity index (χ1) is 5.81. The third-order valence-electron chi connectivity index (χ3n) is 1.89. The van der Waals surface area contributed by atoms with Gasteiger partial charge in [-0.3, -0.25) is 0 Å². The zero-order valence-electron chi connectivity index (χ0n) is 7.83. The maximum atomic E-state index is 3.73. The third kappa shape index (κ3) is 9.22. The lowest BCUT2D eigenvalue weighted by Gasteiger charge is -2.03. The van der Waals surface area contributed by atoms with Gasteiger partial charge in [0.05, 0.1) is 0 Å². The molecule has 0 unspecified atom stereocenters. The van der Waals surface area contributed by atoms with E-state index in [1.165, 1.54) is 44.6 Å². The molecule has 0 spiro atoms. The van der Waals surface area contributed by atoms with Crippen LogP contribution in [0.15, 0.2) is 0 Å². The summed E-state index contributed by atoms with van der Waals surface area (Å²) in [6.07, 6.45) is 8.54. The van der Waals surface area contributed by atoms with Crippen LogP contribution in [0.2, 0.25) is 6.04 Å². The lowest BCUT2D eigenvalue weighted by atomic mass is 10.1. The smallest absolute Gasteiger partial charge is 0.115 e. The fourth-order valence-corrected chi connectivity index (χ4v) is 4.68. The quantitative estimate of drug-likeness (QED) is 0.363. The summed E-state index contributed by atoms with van der Waals surface area (Å²) in [5.41, 5.74) is 0. The maximum Gasteiger partial charge on any atom is 0.115 e. The topological polar surface area (TPSA) is 0 Å². The second-order valence-corrected chi connectivity index (χ2v) is 14.5. The highest BCUT2D eigenvalue weighted by molar-refractivity contribution is 9.26. The van der Waals surface area contributed by atoms with Crippen molar-refractivity contribution in [1.29, 1.82) is 0 Å². The molecular formula is C8H17BrSi3. The predicted molar refractivity (Wildman–Crippen MR) is 64.4 cm³/mol. The molecule has 0 heterocycles. The Morgan fingerprint density at radius 3 is 2.33 bits per heavy atom. The molecule has 0 amide bonds. The molecule has 0 saturated carbocycles. The van der Waals surface area contributed by atoms with E-state index in [4.69, 9.17) is 0 Å². The summed E-state index contributed by atoms with van der Waals surface area (Å²) in [7, 11) is 4.55. The van der Waals surface area contributed by atoms with E-state index in [1.807, 2.05) is 0 Å². The van der Waals surface area contributed by atoms with Crippen LogP contribution < -0.4 is 0 Å². The summed E-state index contributed by atoms with van der Waals surface area (Å²) >= 11 is 3.73. The van der Waals surface area contributed by atoms with Gasteiger partial charge < -0.3 is 0 Å². The van der Waals surface area contributed by atoms with E-state index in [0.29, 0.717) is 0 Å². The number of unbranched alkanes of at least 4 members (excludes halogenated alkanes) is 5. The highest BCUT2D eigenvalue weighted by Gasteiger charge is 2.02. The Bertz CT molecular complexity index is 90.4. The fraction of sp³-hybridized carbons (Fsp3) is 1.00. The van der Waals surface area contributed by atoms with Crippen molar-refractivity contribution < 1.29 is 0 Å². The van der Waals surface area contributed by atoms with Gasteiger partial charge in [0.15, 0.2) is 0 Å². The SMILES string of the molecule is CCCCCCCC[Si](Br)[Si][Si]. The summed E-state index contributed by atoms with van der Waals surface area (Å²) in [5, 5.41) is 0. The van der Waals surface area contributed by atoms with Gasteiger partial charge in [0.1, 0.15) is 6.93 Å². The van der Waals surface area contributed by atoms with Crippen molar-refractivity contribution in [2.75, 3.05) is 0 Å². The highest BCUT2D eigenvalue weighted by Crippen LogP contribution is 2.10. The van der Waals surface area contributed by atoms with E-state index in [-0.39, 0.29) is 6.93 Å². The molecule has 0 aromatic rings. The van der Waals surface area contributed by atoms with Crippen LogP contribution in [0.1, 0.15) is 45.4 Å². The van der Waals surface area contributed by atoms with Crippen LogP contribution in [-0.2, 0) is 0 Å². The average molecular weight is 277 g/mol. The molecule has 0 nitrogen and oxygen atoms in total. The summed E-state index contributed by atoms with van der Waals surface area (Å²) in [5.74, 6) is 0. The van der Waals surface area contributed by atoms with Crippen LogP contribution >= 0.6 is 15.3 Å². The zero-order valence-corrected chi connectivity index (χ0v) is 12.4. The van der Waals surface area contributed by atoms with Crippen LogP contribution in [0.4, 0.5) is 0 Å². The van der Waals surface area contributed by atoms with Crippen LogP contribution in [-0.4, -0.2) is 25.2 Å². The Morgan fingerprint density at radius 2 is 1.75 bits per heavy atom. The second kappa shape index (κ2) is 10.2. The van der Waals surface area contributed by atoms with E-state index in [0.717, 1.165) is 8.55 Å². The van der Waals surface area contributed by atoms with Gasteiger partial charge in [-0.05, 0) is 0 Å². The van der Waals surface area contributed by atoms with Crippen molar-refractivity contribution in [3.8, 4) is 0 Å². The molecule has 4 heteroatoms. The van der Waals surface area contributed by atoms with Crippen molar-refractivity contribution >= 4 is 40.5 Å². The van der Waals surface area contributed by atoms with E-state index >= 15 is 0 Å². The van der Waals surface area contributed by atoms with Crippen LogP contribution in [0, 0.1) is 0 Å². The van der Waals surface area contributed by atoms with Gasteiger partial charge in [-0.15, -0.1) is 15.3 Å². The van der Waals surface area contributed by atoms with Crippen molar-refractivity contribution in [2.45, 2.75) is 51.5 Å². The van der Waals surface area contributed by atoms with E-state index < -0.39 is 0 Å². The van der Waals surface area contributed by atoms with Gasteiger partial charge in [0.25, 0.3) is 0 Å². The molecule has 12 heavy (non-hydrogen) atoms. The molecule has 0 bridgehead atoms. The van der Waals surface area contributed by atoms with Crippen molar-refractivity contribution in [3.05, 3.63) is 0 Å². The summed E-state index contributed by atoms with van der Waals surface area (Å²) in [6, 6.07) is 1.43. The molecule has 0 aliphatic rings. The molecule has 0 saturated heterocycles. The predicted octanol–water partition coefficient (Wildman–Crippen LogP) is 3.02. The molecule has 0 fully saturated rings. The molecule has 0 rings (SSSR count). The first-order valence-corrected chi connectivity index (χ1v) is 12.2. The van der Waals surface area contributed by atoms with Gasteiger partial charge >= 0.3 is 0 Å². The minimum atomic E-state index is -0.168. The summed E-state index contributed by atoms with van der Waals surface area (Å²) < 4.78 is 0. The number of hydrogen-bond donors (Lipinski definition) is 0. The third-order valence-corrected chi connectivity index (χ3v) is 13.5. The minimum Gasteiger partial charge on any atom is -0.133 e. The monoisotopic (exact) mass is 276 g/mol. The molecule has 0 atom stereocenters. The summed E-state index contributed by atoms with van der Waals surface area (Å²) in [6.45, 7) is 2.10. The molecule has 0 aliphatic carbocycles. The van der Waals surface area contributed by atoms with Crippen molar-refractivity contribution in [2.24, 2.45) is 0 Å². The zero-order chi connectivity index (χ0) is 9.23. The Hall–Kier alpha value is 1.13. The number of halogens is 1. The van der Waals surface area contributed by atoms with Crippen molar-refractivity contribution in [1.82, 2.24) is 0 Å². The molecule has 68 valence electrons. The standard InChI is InChI=1S/C8H17BrSi3/c1-2-3-4-5-6-7-8-12(9)11-10/h2-8H2,1H3. The average Bonchev–Trinajstić information content (AvgIpc) is 2.10. The molecule has 6 radical (unpaired) electrons. The Kier molecular flexibility index (Phi) is 11.2. The Labute approximate surface area is 91.9 Å². The summed E-state index contributed by atoms with van der Waals surface area (Å²) in [4.78, 5) is 0. The molecule has 0 aliphatic heterocycles. The highest BCUT2D eigenvalue weighted by atomic mass is 79.9. The lowest BCUT2D eigenvalue weighted by molar-refractivity contribution is 0.624. The van der Waals surface area contributed by atoms with Crippen LogP contribution in [0.5, 0.6) is 0 Å². The Balaban J connectivity index is 2.90. The largest absolute Gasteiger partial charge is 0.133 e. The van der Waals surface area contributed by atoms with Crippen LogP contribution in [0.25, 0.3) is 0 Å². The van der Waals surface area contributed by atoms with Gasteiger partial charge in [0, 0.05) is 18.3 Å². The normalized spacial score (nSPS) is 11.0. The first kappa shape index (κ1) is 13.1. The van der Waals surface area contributed by atoms with E-state index in [2.05, 4.69) is 32.0 Å². The Morgan fingerprint density at radius 1 is 1.17 bits per heavy atom. The maximum absolute atomic E-state index is 3.73. The molecule has 0 N–H and O–H groups in total. The second-order valence-electron chi connectivity index (χ2n) is 3.05. The number of hydrogen-bond acceptors (Lipinski definition) is 0. The molecule has 0 aromatic heterocycles. The minimum absolute atomic E-state index is 0.168. The van der Waals surface area contributed by atoms with Gasteiger partial charge in [0.2, 0.25) is 0 Å².